The summed E-state index contributed by atoms with van der Waals surface area (Å²) >= 11 is 0. The minimum absolute atomic E-state index is 0.239. The van der Waals surface area contributed by atoms with Crippen LogP contribution < -0.4 is 0 Å². The normalized spacial score (nSPS) is 17.8. The van der Waals surface area contributed by atoms with E-state index in [4.69, 9.17) is 4.74 Å². The van der Waals surface area contributed by atoms with E-state index in [1.165, 1.54) is 19.1 Å². The first-order chi connectivity index (χ1) is 11.8. The third-order valence-electron chi connectivity index (χ3n) is 4.74. The fraction of sp³-hybridized carbons (Fsp3) is 0.400. The Morgan fingerprint density at radius 3 is 2.96 bits per heavy atom. The summed E-state index contributed by atoms with van der Waals surface area (Å²) < 4.78 is 4.89. The molecule has 2 heterocycles. The molecule has 126 valence electrons. The van der Waals surface area contributed by atoms with Gasteiger partial charge >= 0.3 is 5.97 Å². The first-order valence-electron chi connectivity index (χ1n) is 8.53. The van der Waals surface area contributed by atoms with Gasteiger partial charge in [-0.1, -0.05) is 24.3 Å². The molecule has 1 atom stereocenters. The number of methoxy groups -OCH3 is 1. The second-order valence-electron chi connectivity index (χ2n) is 6.42. The zero-order valence-electron chi connectivity index (χ0n) is 14.1. The van der Waals surface area contributed by atoms with Crippen molar-refractivity contribution in [1.82, 2.24) is 9.88 Å². The van der Waals surface area contributed by atoms with Gasteiger partial charge in [0.05, 0.1) is 12.7 Å². The summed E-state index contributed by atoms with van der Waals surface area (Å²) in [4.78, 5) is 18.6. The molecule has 0 bridgehead atoms. The lowest BCUT2D eigenvalue weighted by atomic mass is 9.95. The van der Waals surface area contributed by atoms with Crippen molar-refractivity contribution in [1.29, 1.82) is 0 Å². The van der Waals surface area contributed by atoms with Crippen LogP contribution in [0.15, 0.2) is 48.8 Å². The molecule has 1 aromatic heterocycles. The molecule has 1 aromatic carbocycles. The number of aromatic nitrogens is 1. The molecule has 2 aromatic rings. The Hall–Kier alpha value is -2.20. The van der Waals surface area contributed by atoms with E-state index in [0.717, 1.165) is 38.0 Å². The van der Waals surface area contributed by atoms with Gasteiger partial charge in [0, 0.05) is 25.5 Å². The Bertz CT molecular complexity index is 672. The third-order valence-corrected chi connectivity index (χ3v) is 4.74. The number of hydrogen-bond acceptors (Lipinski definition) is 4. The molecule has 1 aliphatic heterocycles. The number of hydrogen-bond donors (Lipinski definition) is 0. The zero-order valence-corrected chi connectivity index (χ0v) is 14.1. The first kappa shape index (κ1) is 16.7. The van der Waals surface area contributed by atoms with Crippen LogP contribution in [0.3, 0.4) is 0 Å². The smallest absolute Gasteiger partial charge is 0.338 e. The average molecular weight is 324 g/mol. The highest BCUT2D eigenvalue weighted by atomic mass is 16.5. The topological polar surface area (TPSA) is 42.4 Å². The second-order valence-corrected chi connectivity index (χ2v) is 6.42. The Kier molecular flexibility index (Phi) is 5.59. The lowest BCUT2D eigenvalue weighted by Crippen LogP contribution is -2.24. The van der Waals surface area contributed by atoms with Crippen LogP contribution in [0.1, 0.15) is 27.9 Å². The molecule has 1 fully saturated rings. The molecule has 4 heteroatoms. The second kappa shape index (κ2) is 8.06. The van der Waals surface area contributed by atoms with Crippen LogP contribution in [-0.2, 0) is 17.6 Å². The van der Waals surface area contributed by atoms with E-state index in [1.54, 1.807) is 0 Å². The van der Waals surface area contributed by atoms with E-state index < -0.39 is 0 Å². The maximum absolute atomic E-state index is 11.9. The molecule has 4 nitrogen and oxygen atoms in total. The van der Waals surface area contributed by atoms with E-state index in [1.807, 2.05) is 42.7 Å². The number of carbonyl (C=O) groups is 1. The van der Waals surface area contributed by atoms with E-state index in [-0.39, 0.29) is 5.97 Å². The number of benzene rings is 1. The quantitative estimate of drug-likeness (QED) is 0.766. The van der Waals surface area contributed by atoms with E-state index in [2.05, 4.69) is 16.0 Å². The van der Waals surface area contributed by atoms with Crippen LogP contribution in [0.25, 0.3) is 0 Å². The molecule has 1 aliphatic rings. The highest BCUT2D eigenvalue weighted by Gasteiger charge is 2.24. The van der Waals surface area contributed by atoms with Gasteiger partial charge in [-0.2, -0.15) is 0 Å². The molecular weight excluding hydrogens is 300 g/mol. The highest BCUT2D eigenvalue weighted by Crippen LogP contribution is 2.23. The molecule has 3 rings (SSSR count). The van der Waals surface area contributed by atoms with Crippen molar-refractivity contribution in [2.75, 3.05) is 26.7 Å². The maximum Gasteiger partial charge on any atom is 0.338 e. The number of rotatable bonds is 6. The standard InChI is InChI=1S/C20H24N2O2/c1-24-20(23)19-7-3-2-6-18(19)13-17-9-12-22(15-17)11-8-16-5-4-10-21-14-16/h2-7,10,14,17H,8-9,11-13,15H2,1H3. The van der Waals surface area contributed by atoms with Gasteiger partial charge in [0.1, 0.15) is 0 Å². The van der Waals surface area contributed by atoms with Gasteiger partial charge in [-0.05, 0) is 55.0 Å². The van der Waals surface area contributed by atoms with E-state index >= 15 is 0 Å². The van der Waals surface area contributed by atoms with Crippen molar-refractivity contribution in [3.8, 4) is 0 Å². The fourth-order valence-electron chi connectivity index (χ4n) is 3.43. The van der Waals surface area contributed by atoms with Crippen molar-refractivity contribution in [3.63, 3.8) is 0 Å². The minimum Gasteiger partial charge on any atom is -0.465 e. The van der Waals surface area contributed by atoms with Crippen LogP contribution in [0, 0.1) is 5.92 Å². The van der Waals surface area contributed by atoms with Crippen molar-refractivity contribution in [3.05, 3.63) is 65.5 Å². The number of likely N-dealkylation sites (tertiary alicyclic amines) is 1. The molecule has 0 spiro atoms. The minimum atomic E-state index is -0.239. The van der Waals surface area contributed by atoms with Crippen LogP contribution in [-0.4, -0.2) is 42.6 Å². The van der Waals surface area contributed by atoms with Gasteiger partial charge in [0.15, 0.2) is 0 Å². The average Bonchev–Trinajstić information content (AvgIpc) is 3.08. The van der Waals surface area contributed by atoms with Gasteiger partial charge in [-0.3, -0.25) is 4.98 Å². The number of esters is 1. The first-order valence-corrected chi connectivity index (χ1v) is 8.53. The Balaban J connectivity index is 1.54. The van der Waals surface area contributed by atoms with E-state index in [9.17, 15) is 4.79 Å². The van der Waals surface area contributed by atoms with Crippen LogP contribution in [0.2, 0.25) is 0 Å². The molecule has 0 saturated carbocycles. The molecule has 1 saturated heterocycles. The lowest BCUT2D eigenvalue weighted by molar-refractivity contribution is 0.0599. The summed E-state index contributed by atoms with van der Waals surface area (Å²) in [5, 5.41) is 0. The monoisotopic (exact) mass is 324 g/mol. The summed E-state index contributed by atoms with van der Waals surface area (Å²) in [6, 6.07) is 11.9. The van der Waals surface area contributed by atoms with Crippen molar-refractivity contribution in [2.24, 2.45) is 5.92 Å². The van der Waals surface area contributed by atoms with Crippen LogP contribution in [0.4, 0.5) is 0 Å². The van der Waals surface area contributed by atoms with Crippen molar-refractivity contribution >= 4 is 5.97 Å². The lowest BCUT2D eigenvalue weighted by Gasteiger charge is -2.16. The summed E-state index contributed by atoms with van der Waals surface area (Å²) in [7, 11) is 1.44. The maximum atomic E-state index is 11.9. The van der Waals surface area contributed by atoms with Gasteiger partial charge in [0.2, 0.25) is 0 Å². The molecular formula is C20H24N2O2. The zero-order chi connectivity index (χ0) is 16.8. The molecule has 0 radical (unpaired) electrons. The summed E-state index contributed by atoms with van der Waals surface area (Å²) in [5.74, 6) is 0.363. The van der Waals surface area contributed by atoms with Gasteiger partial charge < -0.3 is 9.64 Å². The number of nitrogens with zero attached hydrogens (tertiary/aromatic N) is 2. The molecule has 0 N–H and O–H groups in total. The SMILES string of the molecule is COC(=O)c1ccccc1CC1CCN(CCc2cccnc2)C1. The van der Waals surface area contributed by atoms with Crippen LogP contribution >= 0.6 is 0 Å². The number of ether oxygens (including phenoxy) is 1. The summed E-state index contributed by atoms with van der Waals surface area (Å²) in [5.41, 5.74) is 3.09. The predicted octanol–water partition coefficient (Wildman–Crippen LogP) is 2.98. The molecule has 0 amide bonds. The number of carbonyl (C=O) groups excluding carboxylic acids is 1. The van der Waals surface area contributed by atoms with Crippen LogP contribution in [0.5, 0.6) is 0 Å². The van der Waals surface area contributed by atoms with Crippen molar-refractivity contribution < 1.29 is 9.53 Å². The van der Waals surface area contributed by atoms with Crippen molar-refractivity contribution in [2.45, 2.75) is 19.3 Å². The molecule has 1 unspecified atom stereocenters. The molecule has 24 heavy (non-hydrogen) atoms. The summed E-state index contributed by atoms with van der Waals surface area (Å²) in [6.45, 7) is 3.29. The third kappa shape index (κ3) is 4.20. The Morgan fingerprint density at radius 2 is 2.17 bits per heavy atom. The molecule has 0 aliphatic carbocycles. The van der Waals surface area contributed by atoms with Gasteiger partial charge in [-0.25, -0.2) is 4.79 Å². The Morgan fingerprint density at radius 1 is 1.29 bits per heavy atom. The summed E-state index contributed by atoms with van der Waals surface area (Å²) in [6.07, 6.45) is 6.92. The largest absolute Gasteiger partial charge is 0.465 e. The van der Waals surface area contributed by atoms with Gasteiger partial charge in [-0.15, -0.1) is 0 Å². The highest BCUT2D eigenvalue weighted by molar-refractivity contribution is 5.90. The predicted molar refractivity (Wildman–Crippen MR) is 94.0 cm³/mol. The number of pyridine rings is 1. The van der Waals surface area contributed by atoms with E-state index in [0.29, 0.717) is 11.5 Å². The van der Waals surface area contributed by atoms with Gasteiger partial charge in [0.25, 0.3) is 0 Å². The Labute approximate surface area is 143 Å². The fourth-order valence-corrected chi connectivity index (χ4v) is 3.43.